The molecule has 2 atom stereocenters. The molecule has 1 saturated carbocycles. The first-order valence-electron chi connectivity index (χ1n) is 7.26. The van der Waals surface area contributed by atoms with Crippen molar-refractivity contribution in [3.05, 3.63) is 0 Å². The molecule has 2 rings (SSSR count). The summed E-state index contributed by atoms with van der Waals surface area (Å²) < 4.78 is 16.5. The molecule has 3 nitrogen and oxygen atoms in total. The first kappa shape index (κ1) is 16.8. The summed E-state index contributed by atoms with van der Waals surface area (Å²) in [7, 11) is 0.230. The largest absolute Gasteiger partial charge is 0.466 e. The maximum atomic E-state index is 5.75. The van der Waals surface area contributed by atoms with Crippen molar-refractivity contribution >= 4 is 39.1 Å². The van der Waals surface area contributed by atoms with Crippen molar-refractivity contribution < 1.29 is 13.0 Å². The fourth-order valence-corrected chi connectivity index (χ4v) is 5.82. The van der Waals surface area contributed by atoms with Gasteiger partial charge < -0.3 is 13.0 Å². The summed E-state index contributed by atoms with van der Waals surface area (Å²) >= 11 is 0. The Bertz CT molecular complexity index is 230. The van der Waals surface area contributed by atoms with E-state index in [4.69, 9.17) is 13.0 Å². The van der Waals surface area contributed by atoms with Crippen molar-refractivity contribution in [2.45, 2.75) is 57.0 Å². The highest BCUT2D eigenvalue weighted by Gasteiger charge is 2.56. The third-order valence-corrected chi connectivity index (χ3v) is 13.1. The average Bonchev–Trinajstić information content (AvgIpc) is 3.21. The molecule has 2 unspecified atom stereocenters. The molecular weight excluding hydrogens is 292 g/mol. The Morgan fingerprint density at radius 1 is 1.06 bits per heavy atom. The zero-order valence-corrected chi connectivity index (χ0v) is 19.0. The molecule has 0 aromatic heterocycles. The number of hydrogen-bond donors (Lipinski definition) is 0. The maximum absolute atomic E-state index is 5.75. The second kappa shape index (κ2) is 8.13. The first-order chi connectivity index (χ1) is 8.56. The van der Waals surface area contributed by atoms with Crippen LogP contribution in [0.4, 0.5) is 0 Å². The van der Waals surface area contributed by atoms with Crippen LogP contribution < -0.4 is 0 Å². The van der Waals surface area contributed by atoms with Gasteiger partial charge in [0.1, 0.15) is 26.2 Å². The van der Waals surface area contributed by atoms with Crippen LogP contribution in [-0.2, 0) is 13.0 Å². The maximum Gasteiger partial charge on any atom is 0.196 e. The van der Waals surface area contributed by atoms with Gasteiger partial charge in [0, 0.05) is 0 Å². The lowest BCUT2D eigenvalue weighted by atomic mass is 9.87. The highest BCUT2D eigenvalue weighted by atomic mass is 28.3. The topological polar surface area (TPSA) is 31.0 Å². The Hall–Kier alpha value is 0.748. The monoisotopic (exact) mass is 322 g/mol. The van der Waals surface area contributed by atoms with E-state index in [-0.39, 0.29) is 5.22 Å². The molecule has 0 radical (unpaired) electrons. The predicted molar refractivity (Wildman–Crippen MR) is 89.2 cm³/mol. The van der Waals surface area contributed by atoms with Crippen molar-refractivity contribution in [1.29, 1.82) is 0 Å². The summed E-state index contributed by atoms with van der Waals surface area (Å²) in [5.74, 6) is 0.844. The van der Waals surface area contributed by atoms with Crippen molar-refractivity contribution in [3.63, 3.8) is 0 Å². The molecule has 2 fully saturated rings. The van der Waals surface area contributed by atoms with Crippen LogP contribution in [0, 0.1) is 5.92 Å². The van der Waals surface area contributed by atoms with Crippen LogP contribution in [0.1, 0.15) is 32.1 Å². The van der Waals surface area contributed by atoms with Gasteiger partial charge in [-0.15, -0.1) is 0 Å². The highest BCUT2D eigenvalue weighted by molar-refractivity contribution is 6.58. The van der Waals surface area contributed by atoms with Gasteiger partial charge in [0.25, 0.3) is 0 Å². The molecule has 108 valence electrons. The predicted octanol–water partition coefficient (Wildman–Crippen LogP) is -0.208. The second-order valence-electron chi connectivity index (χ2n) is 5.74. The van der Waals surface area contributed by atoms with Gasteiger partial charge in [-0.3, -0.25) is 0 Å². The van der Waals surface area contributed by atoms with Crippen LogP contribution in [0.25, 0.3) is 0 Å². The number of ether oxygens (including phenoxy) is 1. The fraction of sp³-hybridized carbons (Fsp3) is 1.00. The van der Waals surface area contributed by atoms with Gasteiger partial charge in [-0.25, -0.2) is 0 Å². The third kappa shape index (κ3) is 4.69. The first-order valence-corrected chi connectivity index (χ1v) is 13.9. The van der Waals surface area contributed by atoms with E-state index in [2.05, 4.69) is 19.6 Å². The van der Waals surface area contributed by atoms with Gasteiger partial charge in [-0.1, -0.05) is 19.3 Å². The lowest BCUT2D eigenvalue weighted by Crippen LogP contribution is -2.42. The van der Waals surface area contributed by atoms with Gasteiger partial charge in [0.2, 0.25) is 0 Å². The zero-order chi connectivity index (χ0) is 13.6. The SMILES string of the molecule is C[SiH](C)O[SiH3].C[SiH](O[SiH3])C1(C2CCCCC2)CO1. The van der Waals surface area contributed by atoms with E-state index in [0.29, 0.717) is 0 Å². The number of hydrogen-bond acceptors (Lipinski definition) is 3. The van der Waals surface area contributed by atoms with Crippen molar-refractivity contribution in [3.8, 4) is 0 Å². The molecule has 1 heterocycles. The van der Waals surface area contributed by atoms with E-state index < -0.39 is 18.1 Å². The van der Waals surface area contributed by atoms with Crippen molar-refractivity contribution in [2.24, 2.45) is 5.92 Å². The van der Waals surface area contributed by atoms with Crippen LogP contribution in [0.3, 0.4) is 0 Å². The molecule has 0 N–H and O–H groups in total. The molecule has 0 bridgehead atoms. The zero-order valence-electron chi connectivity index (χ0n) is 12.7. The summed E-state index contributed by atoms with van der Waals surface area (Å²) in [4.78, 5) is 0. The van der Waals surface area contributed by atoms with Gasteiger partial charge >= 0.3 is 0 Å². The van der Waals surface area contributed by atoms with E-state index in [0.717, 1.165) is 33.5 Å². The van der Waals surface area contributed by atoms with Crippen LogP contribution >= 0.6 is 0 Å². The molecule has 0 amide bonds. The Balaban J connectivity index is 0.000000280. The molecule has 0 aromatic carbocycles. The quantitative estimate of drug-likeness (QED) is 0.530. The van der Waals surface area contributed by atoms with Crippen LogP contribution in [0.5, 0.6) is 0 Å². The Kier molecular flexibility index (Phi) is 7.59. The molecule has 18 heavy (non-hydrogen) atoms. The molecule has 7 heteroatoms. The second-order valence-corrected chi connectivity index (χ2v) is 13.9. The Labute approximate surface area is 122 Å². The average molecular weight is 323 g/mol. The number of rotatable bonds is 4. The van der Waals surface area contributed by atoms with Crippen molar-refractivity contribution in [2.75, 3.05) is 6.61 Å². The normalized spacial score (nSPS) is 30.0. The Morgan fingerprint density at radius 3 is 1.89 bits per heavy atom. The fourth-order valence-electron chi connectivity index (χ4n) is 2.68. The smallest absolute Gasteiger partial charge is 0.196 e. The minimum atomic E-state index is -1.01. The summed E-state index contributed by atoms with van der Waals surface area (Å²) in [5, 5.41) is 0.280. The molecule has 1 aliphatic heterocycles. The molecule has 0 aromatic rings. The lowest BCUT2D eigenvalue weighted by molar-refractivity contribution is 0.221. The van der Waals surface area contributed by atoms with Crippen LogP contribution in [0.15, 0.2) is 0 Å². The minimum Gasteiger partial charge on any atom is -0.466 e. The molecule has 1 saturated heterocycles. The van der Waals surface area contributed by atoms with Gasteiger partial charge in [0.05, 0.1) is 6.61 Å². The van der Waals surface area contributed by atoms with E-state index in [1.54, 1.807) is 0 Å². The summed E-state index contributed by atoms with van der Waals surface area (Å²) in [6.07, 6.45) is 7.05. The lowest BCUT2D eigenvalue weighted by Gasteiger charge is -2.30. The van der Waals surface area contributed by atoms with E-state index in [1.807, 2.05) is 0 Å². The Morgan fingerprint density at radius 2 is 1.56 bits per heavy atom. The minimum absolute atomic E-state index is 0.280. The third-order valence-electron chi connectivity index (χ3n) is 4.29. The van der Waals surface area contributed by atoms with Gasteiger partial charge in [-0.2, -0.15) is 0 Å². The van der Waals surface area contributed by atoms with E-state index in [9.17, 15) is 0 Å². The molecule has 0 spiro atoms. The number of epoxide rings is 1. The molecular formula is C11H30O3Si4. The van der Waals surface area contributed by atoms with Crippen LogP contribution in [-0.4, -0.2) is 50.9 Å². The van der Waals surface area contributed by atoms with E-state index >= 15 is 0 Å². The standard InChI is InChI=1S/C9H20O2Si2.C2H10OSi2/c1-13(11-12)9(7-10-9)8-5-3-2-4-6-8;1-5(2)3-4/h8,13H,2-7H2,1,12H3;5H,1-2,4H3. The molecule has 2 aliphatic rings. The van der Waals surface area contributed by atoms with Crippen molar-refractivity contribution in [1.82, 2.24) is 0 Å². The summed E-state index contributed by atoms with van der Waals surface area (Å²) in [5.41, 5.74) is 0. The summed E-state index contributed by atoms with van der Waals surface area (Å²) in [6, 6.07) is 0. The highest BCUT2D eigenvalue weighted by Crippen LogP contribution is 2.45. The van der Waals surface area contributed by atoms with Gasteiger partial charge in [-0.05, 0) is 38.4 Å². The van der Waals surface area contributed by atoms with Gasteiger partial charge in [0.15, 0.2) is 18.1 Å². The summed E-state index contributed by atoms with van der Waals surface area (Å²) in [6.45, 7) is 7.67. The van der Waals surface area contributed by atoms with E-state index in [1.165, 1.54) is 32.1 Å². The van der Waals surface area contributed by atoms with Crippen LogP contribution in [0.2, 0.25) is 19.6 Å². The molecule has 1 aliphatic carbocycles.